The minimum Gasteiger partial charge on any atom is -0.319 e. The molecule has 0 aromatic heterocycles. The monoisotopic (exact) mass is 326 g/mol. The summed E-state index contributed by atoms with van der Waals surface area (Å²) in [5.41, 5.74) is -0.0622. The van der Waals surface area contributed by atoms with E-state index in [1.807, 2.05) is 0 Å². The summed E-state index contributed by atoms with van der Waals surface area (Å²) in [6.07, 6.45) is 0. The Morgan fingerprint density at radius 3 is 2.45 bits per heavy atom. The number of primary sulfonamides is 1. The van der Waals surface area contributed by atoms with Gasteiger partial charge >= 0.3 is 0 Å². The van der Waals surface area contributed by atoms with Crippen LogP contribution in [-0.2, 0) is 10.0 Å². The molecule has 0 unspecified atom stereocenters. The van der Waals surface area contributed by atoms with Crippen molar-refractivity contribution >= 4 is 21.6 Å². The van der Waals surface area contributed by atoms with Crippen molar-refractivity contribution in [2.24, 2.45) is 5.14 Å². The number of benzene rings is 2. The number of halogens is 2. The van der Waals surface area contributed by atoms with Gasteiger partial charge in [0, 0.05) is 11.6 Å². The van der Waals surface area contributed by atoms with E-state index in [2.05, 4.69) is 5.32 Å². The molecule has 0 aliphatic rings. The molecule has 22 heavy (non-hydrogen) atoms. The van der Waals surface area contributed by atoms with Crippen LogP contribution in [0.1, 0.15) is 15.9 Å². The summed E-state index contributed by atoms with van der Waals surface area (Å²) >= 11 is 0. The highest BCUT2D eigenvalue weighted by molar-refractivity contribution is 7.89. The Morgan fingerprint density at radius 1 is 1.14 bits per heavy atom. The molecule has 0 saturated carbocycles. The minimum absolute atomic E-state index is 0.0205. The first-order chi connectivity index (χ1) is 10.2. The molecular formula is C14H12F2N2O3S. The van der Waals surface area contributed by atoms with Gasteiger partial charge in [0.1, 0.15) is 11.6 Å². The van der Waals surface area contributed by atoms with Crippen molar-refractivity contribution in [2.75, 3.05) is 5.32 Å². The van der Waals surface area contributed by atoms with Crippen LogP contribution in [0.5, 0.6) is 0 Å². The lowest BCUT2D eigenvalue weighted by Crippen LogP contribution is -2.16. The zero-order chi connectivity index (χ0) is 16.5. The van der Waals surface area contributed by atoms with Gasteiger partial charge in [0.05, 0.1) is 10.6 Å². The Balaban J connectivity index is 2.32. The molecule has 0 fully saturated rings. The standard InChI is InChI=1S/C14H12F2N2O3S/c1-8-5-13(12(16)7-11(8)15)18-14(19)9-3-2-4-10(6-9)22(17,20)21/h2-7H,1H3,(H,18,19)(H2,17,20,21). The summed E-state index contributed by atoms with van der Waals surface area (Å²) in [6, 6.07) is 6.78. The van der Waals surface area contributed by atoms with Gasteiger partial charge in [-0.1, -0.05) is 6.07 Å². The second-order valence-corrected chi connectivity index (χ2v) is 6.17. The Kier molecular flexibility index (Phi) is 4.25. The van der Waals surface area contributed by atoms with Gasteiger partial charge in [-0.15, -0.1) is 0 Å². The third kappa shape index (κ3) is 3.46. The lowest BCUT2D eigenvalue weighted by atomic mass is 10.1. The molecule has 0 atom stereocenters. The van der Waals surface area contributed by atoms with Gasteiger partial charge < -0.3 is 5.32 Å². The fraction of sp³-hybridized carbons (Fsp3) is 0.0714. The minimum atomic E-state index is -3.96. The Morgan fingerprint density at radius 2 is 1.82 bits per heavy atom. The number of hydrogen-bond donors (Lipinski definition) is 2. The summed E-state index contributed by atoms with van der Waals surface area (Å²) in [4.78, 5) is 11.8. The third-order valence-corrected chi connectivity index (χ3v) is 3.83. The molecule has 2 aromatic rings. The van der Waals surface area contributed by atoms with E-state index in [-0.39, 0.29) is 21.7 Å². The average molecular weight is 326 g/mol. The number of anilines is 1. The molecule has 116 valence electrons. The highest BCUT2D eigenvalue weighted by Gasteiger charge is 2.14. The number of amides is 1. The highest BCUT2D eigenvalue weighted by Crippen LogP contribution is 2.20. The molecule has 8 heteroatoms. The van der Waals surface area contributed by atoms with Crippen LogP contribution in [0.15, 0.2) is 41.3 Å². The summed E-state index contributed by atoms with van der Waals surface area (Å²) < 4.78 is 49.3. The maximum atomic E-state index is 13.6. The first-order valence-corrected chi connectivity index (χ1v) is 7.63. The summed E-state index contributed by atoms with van der Waals surface area (Å²) in [5.74, 6) is -2.40. The maximum absolute atomic E-state index is 13.6. The Bertz CT molecular complexity index is 851. The van der Waals surface area contributed by atoms with Gasteiger partial charge in [-0.05, 0) is 36.8 Å². The van der Waals surface area contributed by atoms with E-state index in [0.717, 1.165) is 12.1 Å². The SMILES string of the molecule is Cc1cc(NC(=O)c2cccc(S(N)(=O)=O)c2)c(F)cc1F. The van der Waals surface area contributed by atoms with Crippen LogP contribution in [0.25, 0.3) is 0 Å². The molecule has 0 saturated heterocycles. The molecule has 5 nitrogen and oxygen atoms in total. The van der Waals surface area contributed by atoms with Crippen LogP contribution < -0.4 is 10.5 Å². The number of aryl methyl sites for hydroxylation is 1. The average Bonchev–Trinajstić information content (AvgIpc) is 2.44. The predicted octanol–water partition coefficient (Wildman–Crippen LogP) is 2.17. The second-order valence-electron chi connectivity index (χ2n) is 4.61. The first-order valence-electron chi connectivity index (χ1n) is 6.08. The molecule has 0 aliphatic carbocycles. The largest absolute Gasteiger partial charge is 0.319 e. The molecule has 2 rings (SSSR count). The Hall–Kier alpha value is -2.32. The fourth-order valence-electron chi connectivity index (χ4n) is 1.76. The van der Waals surface area contributed by atoms with Gasteiger partial charge in [0.2, 0.25) is 10.0 Å². The molecule has 3 N–H and O–H groups in total. The second kappa shape index (κ2) is 5.82. The quantitative estimate of drug-likeness (QED) is 0.906. The number of nitrogens with one attached hydrogen (secondary N) is 1. The van der Waals surface area contributed by atoms with Crippen LogP contribution in [0.2, 0.25) is 0 Å². The first kappa shape index (κ1) is 16.1. The van der Waals surface area contributed by atoms with Crippen molar-refractivity contribution in [1.29, 1.82) is 0 Å². The predicted molar refractivity (Wildman–Crippen MR) is 76.9 cm³/mol. The lowest BCUT2D eigenvalue weighted by molar-refractivity contribution is 0.102. The maximum Gasteiger partial charge on any atom is 0.255 e. The van der Waals surface area contributed by atoms with Crippen LogP contribution in [0.4, 0.5) is 14.5 Å². The van der Waals surface area contributed by atoms with E-state index in [9.17, 15) is 22.0 Å². The normalized spacial score (nSPS) is 11.3. The zero-order valence-electron chi connectivity index (χ0n) is 11.4. The van der Waals surface area contributed by atoms with Crippen molar-refractivity contribution in [3.8, 4) is 0 Å². The zero-order valence-corrected chi connectivity index (χ0v) is 12.2. The number of carbonyl (C=O) groups excluding carboxylic acids is 1. The van der Waals surface area contributed by atoms with Crippen molar-refractivity contribution in [2.45, 2.75) is 11.8 Å². The van der Waals surface area contributed by atoms with E-state index in [4.69, 9.17) is 5.14 Å². The summed E-state index contributed by atoms with van der Waals surface area (Å²) in [6.45, 7) is 1.42. The van der Waals surface area contributed by atoms with Crippen molar-refractivity contribution in [1.82, 2.24) is 0 Å². The molecule has 0 bridgehead atoms. The summed E-state index contributed by atoms with van der Waals surface area (Å²) in [7, 11) is -3.96. The van der Waals surface area contributed by atoms with Gasteiger partial charge in [0.25, 0.3) is 5.91 Å². The smallest absolute Gasteiger partial charge is 0.255 e. The van der Waals surface area contributed by atoms with Gasteiger partial charge in [-0.25, -0.2) is 22.3 Å². The van der Waals surface area contributed by atoms with E-state index in [1.54, 1.807) is 0 Å². The third-order valence-electron chi connectivity index (χ3n) is 2.92. The molecule has 0 spiro atoms. The number of carbonyl (C=O) groups is 1. The van der Waals surface area contributed by atoms with Crippen molar-refractivity contribution < 1.29 is 22.0 Å². The highest BCUT2D eigenvalue weighted by atomic mass is 32.2. The van der Waals surface area contributed by atoms with Gasteiger partial charge in [-0.3, -0.25) is 4.79 Å². The van der Waals surface area contributed by atoms with Crippen LogP contribution in [-0.4, -0.2) is 14.3 Å². The molecule has 2 aromatic carbocycles. The molecule has 0 heterocycles. The molecule has 0 aliphatic heterocycles. The molecule has 0 radical (unpaired) electrons. The van der Waals surface area contributed by atoms with E-state index in [0.29, 0.717) is 6.07 Å². The van der Waals surface area contributed by atoms with Crippen LogP contribution >= 0.6 is 0 Å². The topological polar surface area (TPSA) is 89.3 Å². The van der Waals surface area contributed by atoms with Crippen molar-refractivity contribution in [3.05, 3.63) is 59.2 Å². The van der Waals surface area contributed by atoms with Crippen LogP contribution in [0, 0.1) is 18.6 Å². The van der Waals surface area contributed by atoms with Gasteiger partial charge in [0.15, 0.2) is 0 Å². The molecular weight excluding hydrogens is 314 g/mol. The Labute approximate surface area is 125 Å². The van der Waals surface area contributed by atoms with Crippen LogP contribution in [0.3, 0.4) is 0 Å². The number of sulfonamides is 1. The number of rotatable bonds is 3. The van der Waals surface area contributed by atoms with Crippen molar-refractivity contribution in [3.63, 3.8) is 0 Å². The van der Waals surface area contributed by atoms with E-state index >= 15 is 0 Å². The fourth-order valence-corrected chi connectivity index (χ4v) is 2.32. The van der Waals surface area contributed by atoms with E-state index in [1.165, 1.54) is 25.1 Å². The number of nitrogens with two attached hydrogens (primary N) is 1. The molecule has 1 amide bonds. The van der Waals surface area contributed by atoms with E-state index < -0.39 is 27.6 Å². The summed E-state index contributed by atoms with van der Waals surface area (Å²) in [5, 5.41) is 7.23. The lowest BCUT2D eigenvalue weighted by Gasteiger charge is -2.09. The van der Waals surface area contributed by atoms with Gasteiger partial charge in [-0.2, -0.15) is 0 Å². The number of hydrogen-bond acceptors (Lipinski definition) is 3.